The van der Waals surface area contributed by atoms with Crippen LogP contribution in [0.5, 0.6) is 0 Å². The zero-order valence-electron chi connectivity index (χ0n) is 14.0. The van der Waals surface area contributed by atoms with Crippen LogP contribution in [0.25, 0.3) is 16.9 Å². The SMILES string of the molecule is Cc1c(Cl)cccc1NC(=O)c1ccc(-n2cnc3cccnc32)cc1. The maximum Gasteiger partial charge on any atom is 0.255 e. The highest BCUT2D eigenvalue weighted by atomic mass is 35.5. The monoisotopic (exact) mass is 362 g/mol. The quantitative estimate of drug-likeness (QED) is 0.577. The Labute approximate surface area is 155 Å². The molecule has 4 aromatic rings. The summed E-state index contributed by atoms with van der Waals surface area (Å²) in [5, 5.41) is 3.52. The van der Waals surface area contributed by atoms with Gasteiger partial charge in [0.05, 0.1) is 0 Å². The molecule has 128 valence electrons. The third-order valence-electron chi connectivity index (χ3n) is 4.23. The van der Waals surface area contributed by atoms with Crippen molar-refractivity contribution in [1.29, 1.82) is 0 Å². The van der Waals surface area contributed by atoms with E-state index in [1.165, 1.54) is 0 Å². The molecule has 0 fully saturated rings. The van der Waals surface area contributed by atoms with Crippen LogP contribution in [0.4, 0.5) is 5.69 Å². The number of carbonyl (C=O) groups excluding carboxylic acids is 1. The maximum absolute atomic E-state index is 12.5. The van der Waals surface area contributed by atoms with E-state index in [-0.39, 0.29) is 5.91 Å². The van der Waals surface area contributed by atoms with E-state index in [1.54, 1.807) is 30.7 Å². The molecule has 5 nitrogen and oxygen atoms in total. The minimum Gasteiger partial charge on any atom is -0.322 e. The Morgan fingerprint density at radius 2 is 1.85 bits per heavy atom. The van der Waals surface area contributed by atoms with Crippen LogP contribution in [-0.2, 0) is 0 Å². The van der Waals surface area contributed by atoms with Gasteiger partial charge in [-0.15, -0.1) is 0 Å². The molecular formula is C20H15ClN4O. The van der Waals surface area contributed by atoms with Crippen LogP contribution in [0.3, 0.4) is 0 Å². The average Bonchev–Trinajstić information content (AvgIpc) is 3.10. The topological polar surface area (TPSA) is 59.8 Å². The summed E-state index contributed by atoms with van der Waals surface area (Å²) in [7, 11) is 0. The Hall–Kier alpha value is -3.18. The lowest BCUT2D eigenvalue weighted by Gasteiger charge is -2.10. The first-order valence-corrected chi connectivity index (χ1v) is 8.46. The number of nitrogens with zero attached hydrogens (tertiary/aromatic N) is 3. The number of fused-ring (bicyclic) bond motifs is 1. The molecule has 2 aromatic carbocycles. The second-order valence-electron chi connectivity index (χ2n) is 5.87. The molecule has 4 rings (SSSR count). The van der Waals surface area contributed by atoms with Crippen molar-refractivity contribution in [3.8, 4) is 5.69 Å². The van der Waals surface area contributed by atoms with Crippen molar-refractivity contribution < 1.29 is 4.79 Å². The highest BCUT2D eigenvalue weighted by molar-refractivity contribution is 6.31. The largest absolute Gasteiger partial charge is 0.322 e. The van der Waals surface area contributed by atoms with Crippen molar-refractivity contribution in [3.63, 3.8) is 0 Å². The molecule has 0 spiro atoms. The van der Waals surface area contributed by atoms with Crippen LogP contribution in [0, 0.1) is 6.92 Å². The lowest BCUT2D eigenvalue weighted by molar-refractivity contribution is 0.102. The number of hydrogen-bond donors (Lipinski definition) is 1. The molecule has 0 aliphatic heterocycles. The number of halogens is 1. The predicted octanol–water partition coefficient (Wildman–Crippen LogP) is 4.63. The summed E-state index contributed by atoms with van der Waals surface area (Å²) in [6.45, 7) is 1.87. The van der Waals surface area contributed by atoms with E-state index >= 15 is 0 Å². The first-order chi connectivity index (χ1) is 12.6. The van der Waals surface area contributed by atoms with Gasteiger partial charge in [-0.05, 0) is 61.0 Å². The number of rotatable bonds is 3. The lowest BCUT2D eigenvalue weighted by Crippen LogP contribution is -2.12. The minimum absolute atomic E-state index is 0.185. The summed E-state index contributed by atoms with van der Waals surface area (Å²) in [6.07, 6.45) is 3.46. The van der Waals surface area contributed by atoms with Gasteiger partial charge in [0.15, 0.2) is 5.65 Å². The molecule has 0 radical (unpaired) electrons. The number of anilines is 1. The van der Waals surface area contributed by atoms with Crippen LogP contribution < -0.4 is 5.32 Å². The third-order valence-corrected chi connectivity index (χ3v) is 4.64. The summed E-state index contributed by atoms with van der Waals surface area (Å²) in [5.41, 5.74) is 4.60. The van der Waals surface area contributed by atoms with Crippen LogP contribution >= 0.6 is 11.6 Å². The molecule has 0 bridgehead atoms. The number of amides is 1. The fraction of sp³-hybridized carbons (Fsp3) is 0.0500. The molecule has 0 saturated heterocycles. The molecule has 2 aromatic heterocycles. The zero-order chi connectivity index (χ0) is 18.1. The zero-order valence-corrected chi connectivity index (χ0v) is 14.7. The van der Waals surface area contributed by atoms with Crippen molar-refractivity contribution in [2.24, 2.45) is 0 Å². The number of pyridine rings is 1. The Kier molecular flexibility index (Phi) is 4.14. The van der Waals surface area contributed by atoms with E-state index in [2.05, 4.69) is 15.3 Å². The molecule has 1 amide bonds. The number of imidazole rings is 1. The van der Waals surface area contributed by atoms with Crippen LogP contribution in [0.15, 0.2) is 67.1 Å². The van der Waals surface area contributed by atoms with Gasteiger partial charge in [-0.2, -0.15) is 0 Å². The van der Waals surface area contributed by atoms with Crippen molar-refractivity contribution >= 4 is 34.4 Å². The van der Waals surface area contributed by atoms with E-state index < -0.39 is 0 Å². The van der Waals surface area contributed by atoms with Gasteiger partial charge < -0.3 is 5.32 Å². The standard InChI is InChI=1S/C20H15ClN4O/c1-13-16(21)4-2-5-17(13)24-20(26)14-7-9-15(10-8-14)25-12-23-18-6-3-11-22-19(18)25/h2-12H,1H3,(H,24,26). The van der Waals surface area contributed by atoms with Crippen molar-refractivity contribution in [1.82, 2.24) is 14.5 Å². The molecule has 2 heterocycles. The summed E-state index contributed by atoms with van der Waals surface area (Å²) in [4.78, 5) is 21.2. The number of nitrogens with one attached hydrogen (secondary N) is 1. The van der Waals surface area contributed by atoms with Gasteiger partial charge in [0.2, 0.25) is 0 Å². The average molecular weight is 363 g/mol. The number of carbonyl (C=O) groups is 1. The summed E-state index contributed by atoms with van der Waals surface area (Å²) >= 11 is 6.10. The first kappa shape index (κ1) is 16.3. The van der Waals surface area contributed by atoms with E-state index in [1.807, 2.05) is 47.9 Å². The van der Waals surface area contributed by atoms with Gasteiger partial charge >= 0.3 is 0 Å². The van der Waals surface area contributed by atoms with Gasteiger partial charge in [-0.3, -0.25) is 9.36 Å². The lowest BCUT2D eigenvalue weighted by atomic mass is 10.1. The molecule has 1 N–H and O–H groups in total. The van der Waals surface area contributed by atoms with Gasteiger partial charge in [0.25, 0.3) is 5.91 Å². The fourth-order valence-electron chi connectivity index (χ4n) is 2.75. The Balaban J connectivity index is 1.59. The summed E-state index contributed by atoms with van der Waals surface area (Å²) in [6, 6.07) is 16.5. The Bertz CT molecular complexity index is 1100. The van der Waals surface area contributed by atoms with Crippen LogP contribution in [0.1, 0.15) is 15.9 Å². The predicted molar refractivity (Wildman–Crippen MR) is 103 cm³/mol. The molecule has 26 heavy (non-hydrogen) atoms. The maximum atomic E-state index is 12.5. The van der Waals surface area contributed by atoms with E-state index in [4.69, 9.17) is 11.6 Å². The van der Waals surface area contributed by atoms with Crippen molar-refractivity contribution in [3.05, 3.63) is 83.3 Å². The van der Waals surface area contributed by atoms with E-state index in [0.717, 1.165) is 22.4 Å². The molecule has 6 heteroatoms. The number of aromatic nitrogens is 3. The second kappa shape index (κ2) is 6.61. The van der Waals surface area contributed by atoms with Crippen LogP contribution in [0.2, 0.25) is 5.02 Å². The smallest absolute Gasteiger partial charge is 0.255 e. The van der Waals surface area contributed by atoms with Crippen LogP contribution in [-0.4, -0.2) is 20.4 Å². The second-order valence-corrected chi connectivity index (χ2v) is 6.28. The first-order valence-electron chi connectivity index (χ1n) is 8.08. The van der Waals surface area contributed by atoms with Gasteiger partial charge in [0.1, 0.15) is 11.8 Å². The minimum atomic E-state index is -0.185. The highest BCUT2D eigenvalue weighted by Crippen LogP contribution is 2.24. The van der Waals surface area contributed by atoms with E-state index in [9.17, 15) is 4.79 Å². The van der Waals surface area contributed by atoms with Gasteiger partial charge in [0, 0.05) is 28.2 Å². The normalized spacial score (nSPS) is 10.8. The van der Waals surface area contributed by atoms with E-state index in [0.29, 0.717) is 16.3 Å². The van der Waals surface area contributed by atoms with Gasteiger partial charge in [-0.25, -0.2) is 9.97 Å². The van der Waals surface area contributed by atoms with Crippen molar-refractivity contribution in [2.45, 2.75) is 6.92 Å². The van der Waals surface area contributed by atoms with Gasteiger partial charge in [-0.1, -0.05) is 17.7 Å². The Morgan fingerprint density at radius 3 is 2.65 bits per heavy atom. The Morgan fingerprint density at radius 1 is 1.04 bits per heavy atom. The molecule has 0 aliphatic rings. The number of benzene rings is 2. The summed E-state index contributed by atoms with van der Waals surface area (Å²) < 4.78 is 1.89. The molecule has 0 saturated carbocycles. The molecule has 0 atom stereocenters. The molecule has 0 unspecified atom stereocenters. The summed E-state index contributed by atoms with van der Waals surface area (Å²) in [5.74, 6) is -0.185. The molecular weight excluding hydrogens is 348 g/mol. The number of hydrogen-bond acceptors (Lipinski definition) is 3. The molecule has 0 aliphatic carbocycles. The fourth-order valence-corrected chi connectivity index (χ4v) is 2.92. The highest BCUT2D eigenvalue weighted by Gasteiger charge is 2.10. The third kappa shape index (κ3) is 2.93. The van der Waals surface area contributed by atoms with Crippen molar-refractivity contribution in [2.75, 3.05) is 5.32 Å².